The highest BCUT2D eigenvalue weighted by Crippen LogP contribution is 2.24. The van der Waals surface area contributed by atoms with Crippen LogP contribution in [0.5, 0.6) is 0 Å². The molecule has 0 atom stereocenters. The van der Waals surface area contributed by atoms with Crippen molar-refractivity contribution in [3.05, 3.63) is 71.8 Å². The molecule has 2 aromatic carbocycles. The molecule has 0 N–H and O–H groups in total. The van der Waals surface area contributed by atoms with Gasteiger partial charge in [-0.2, -0.15) is 9.37 Å². The molecule has 34 heavy (non-hydrogen) atoms. The van der Waals surface area contributed by atoms with E-state index in [1.165, 1.54) is 68.9 Å². The lowest BCUT2D eigenvalue weighted by atomic mass is 10.0. The van der Waals surface area contributed by atoms with Gasteiger partial charge >= 0.3 is 0 Å². The lowest BCUT2D eigenvalue weighted by Crippen LogP contribution is -1.99. The predicted octanol–water partition coefficient (Wildman–Crippen LogP) is 9.37. The smallest absolute Gasteiger partial charge is 0.219 e. The van der Waals surface area contributed by atoms with E-state index in [0.29, 0.717) is 17.8 Å². The molecule has 182 valence electrons. The van der Waals surface area contributed by atoms with E-state index >= 15 is 0 Å². The van der Waals surface area contributed by atoms with E-state index in [4.69, 9.17) is 0 Å². The van der Waals surface area contributed by atoms with Crippen LogP contribution in [0, 0.1) is 5.95 Å². The molecule has 0 bridgehead atoms. The van der Waals surface area contributed by atoms with Crippen LogP contribution in [0.25, 0.3) is 22.5 Å². The molecule has 0 amide bonds. The monoisotopic (exact) mass is 460 g/mol. The molecule has 1 aromatic heterocycles. The van der Waals surface area contributed by atoms with Gasteiger partial charge in [-0.3, -0.25) is 0 Å². The standard InChI is InChI=1S/C31H41FN2/c1-3-5-7-8-9-10-11-13-15-29-24-33-31(34-30(29)32)28-22-20-27(21-23-28)26-18-16-25(17-19-26)14-12-6-4-2/h16-24H,3-15H2,1-2H3. The molecule has 0 unspecified atom stereocenters. The van der Waals surface area contributed by atoms with Crippen LogP contribution in [0.1, 0.15) is 95.6 Å². The van der Waals surface area contributed by atoms with Gasteiger partial charge in [-0.1, -0.05) is 120 Å². The average Bonchev–Trinajstić information content (AvgIpc) is 2.87. The first-order valence-electron chi connectivity index (χ1n) is 13.4. The van der Waals surface area contributed by atoms with Gasteiger partial charge in [0, 0.05) is 17.3 Å². The Hall–Kier alpha value is -2.55. The lowest BCUT2D eigenvalue weighted by molar-refractivity contribution is 0.544. The third-order valence-corrected chi connectivity index (χ3v) is 6.61. The van der Waals surface area contributed by atoms with Crippen molar-refractivity contribution < 1.29 is 4.39 Å². The number of aromatic nitrogens is 2. The molecule has 0 radical (unpaired) electrons. The highest BCUT2D eigenvalue weighted by molar-refractivity contribution is 5.67. The molecule has 3 rings (SSSR count). The van der Waals surface area contributed by atoms with Gasteiger partial charge in [0.2, 0.25) is 5.95 Å². The van der Waals surface area contributed by atoms with Crippen LogP contribution < -0.4 is 0 Å². The molecule has 2 nitrogen and oxygen atoms in total. The second-order valence-electron chi connectivity index (χ2n) is 9.47. The van der Waals surface area contributed by atoms with Crippen LogP contribution >= 0.6 is 0 Å². The molecule has 0 saturated carbocycles. The Bertz CT molecular complexity index is 964. The van der Waals surface area contributed by atoms with Crippen LogP contribution in [0.15, 0.2) is 54.7 Å². The zero-order valence-corrected chi connectivity index (χ0v) is 21.2. The van der Waals surface area contributed by atoms with Crippen LogP contribution in [0.2, 0.25) is 0 Å². The van der Waals surface area contributed by atoms with E-state index in [0.717, 1.165) is 30.4 Å². The minimum absolute atomic E-state index is 0.379. The maximum Gasteiger partial charge on any atom is 0.219 e. The first-order chi connectivity index (χ1) is 16.7. The molecular formula is C31H41FN2. The summed E-state index contributed by atoms with van der Waals surface area (Å²) in [5, 5.41) is 0. The number of unbranched alkanes of at least 4 members (excludes halogenated alkanes) is 9. The number of aryl methyl sites for hydroxylation is 2. The van der Waals surface area contributed by atoms with Crippen molar-refractivity contribution in [1.29, 1.82) is 0 Å². The maximum absolute atomic E-state index is 14.6. The predicted molar refractivity (Wildman–Crippen MR) is 142 cm³/mol. The van der Waals surface area contributed by atoms with Crippen molar-refractivity contribution >= 4 is 0 Å². The number of halogens is 1. The number of hydrogen-bond donors (Lipinski definition) is 0. The fourth-order valence-electron chi connectivity index (χ4n) is 4.40. The highest BCUT2D eigenvalue weighted by atomic mass is 19.1. The first kappa shape index (κ1) is 26.1. The zero-order valence-electron chi connectivity index (χ0n) is 21.2. The summed E-state index contributed by atoms with van der Waals surface area (Å²) in [5.74, 6) is 0.0747. The quantitative estimate of drug-likeness (QED) is 0.167. The third-order valence-electron chi connectivity index (χ3n) is 6.61. The van der Waals surface area contributed by atoms with Crippen LogP contribution in [0.4, 0.5) is 4.39 Å². The molecule has 0 saturated heterocycles. The van der Waals surface area contributed by atoms with Crippen molar-refractivity contribution in [3.63, 3.8) is 0 Å². The summed E-state index contributed by atoms with van der Waals surface area (Å²) in [6.07, 6.45) is 17.3. The van der Waals surface area contributed by atoms with Crippen LogP contribution in [-0.2, 0) is 12.8 Å². The molecule has 0 spiro atoms. The van der Waals surface area contributed by atoms with Gasteiger partial charge in [-0.05, 0) is 42.4 Å². The Morgan fingerprint density at radius 2 is 1.09 bits per heavy atom. The van der Waals surface area contributed by atoms with Crippen molar-refractivity contribution in [2.75, 3.05) is 0 Å². The second kappa shape index (κ2) is 14.7. The average molecular weight is 461 g/mol. The van der Waals surface area contributed by atoms with Crippen molar-refractivity contribution in [3.8, 4) is 22.5 Å². The summed E-state index contributed by atoms with van der Waals surface area (Å²) in [4.78, 5) is 8.62. The molecular weight excluding hydrogens is 419 g/mol. The van der Waals surface area contributed by atoms with E-state index in [1.807, 2.05) is 12.1 Å². The zero-order chi connectivity index (χ0) is 24.0. The van der Waals surface area contributed by atoms with Gasteiger partial charge in [0.25, 0.3) is 0 Å². The number of benzene rings is 2. The molecule has 3 heteroatoms. The van der Waals surface area contributed by atoms with Gasteiger partial charge in [0.05, 0.1) is 0 Å². The van der Waals surface area contributed by atoms with E-state index in [2.05, 4.69) is 60.2 Å². The van der Waals surface area contributed by atoms with Crippen molar-refractivity contribution in [2.45, 2.75) is 97.3 Å². The summed E-state index contributed by atoms with van der Waals surface area (Å²) >= 11 is 0. The highest BCUT2D eigenvalue weighted by Gasteiger charge is 2.09. The van der Waals surface area contributed by atoms with Gasteiger partial charge < -0.3 is 0 Å². The summed E-state index contributed by atoms with van der Waals surface area (Å²) in [6, 6.07) is 16.9. The van der Waals surface area contributed by atoms with E-state index < -0.39 is 0 Å². The topological polar surface area (TPSA) is 25.8 Å². The van der Waals surface area contributed by atoms with Crippen molar-refractivity contribution in [1.82, 2.24) is 9.97 Å². The van der Waals surface area contributed by atoms with E-state index in [1.54, 1.807) is 6.20 Å². The normalized spacial score (nSPS) is 11.1. The summed E-state index contributed by atoms with van der Waals surface area (Å²) in [7, 11) is 0. The number of hydrogen-bond acceptors (Lipinski definition) is 2. The molecule has 0 aliphatic heterocycles. The van der Waals surface area contributed by atoms with Crippen LogP contribution in [0.3, 0.4) is 0 Å². The molecule has 0 fully saturated rings. The van der Waals surface area contributed by atoms with Gasteiger partial charge in [0.15, 0.2) is 5.82 Å². The Morgan fingerprint density at radius 1 is 0.588 bits per heavy atom. The Kier molecular flexibility index (Phi) is 11.2. The molecule has 3 aromatic rings. The SMILES string of the molecule is CCCCCCCCCCc1cnc(-c2ccc(-c3ccc(CCCCC)cc3)cc2)nc1F. The van der Waals surface area contributed by atoms with Crippen LogP contribution in [-0.4, -0.2) is 9.97 Å². The minimum atomic E-state index is -0.379. The Balaban J connectivity index is 1.51. The maximum atomic E-state index is 14.6. The fraction of sp³-hybridized carbons (Fsp3) is 0.484. The Labute approximate surface area is 206 Å². The molecule has 0 aliphatic rings. The Morgan fingerprint density at radius 3 is 1.71 bits per heavy atom. The molecule has 0 aliphatic carbocycles. The fourth-order valence-corrected chi connectivity index (χ4v) is 4.40. The first-order valence-corrected chi connectivity index (χ1v) is 13.4. The molecule has 1 heterocycles. The second-order valence-corrected chi connectivity index (χ2v) is 9.47. The number of nitrogens with zero attached hydrogens (tertiary/aromatic N) is 2. The van der Waals surface area contributed by atoms with Gasteiger partial charge in [-0.15, -0.1) is 0 Å². The van der Waals surface area contributed by atoms with E-state index in [-0.39, 0.29) is 5.95 Å². The largest absolute Gasteiger partial charge is 0.236 e. The van der Waals surface area contributed by atoms with E-state index in [9.17, 15) is 4.39 Å². The van der Waals surface area contributed by atoms with Gasteiger partial charge in [-0.25, -0.2) is 4.98 Å². The number of rotatable bonds is 15. The summed E-state index contributed by atoms with van der Waals surface area (Å²) in [5.41, 5.74) is 5.21. The minimum Gasteiger partial charge on any atom is -0.236 e. The summed E-state index contributed by atoms with van der Waals surface area (Å²) in [6.45, 7) is 4.48. The third kappa shape index (κ3) is 8.34. The van der Waals surface area contributed by atoms with Gasteiger partial charge in [0.1, 0.15) is 0 Å². The summed E-state index contributed by atoms with van der Waals surface area (Å²) < 4.78 is 14.6. The lowest BCUT2D eigenvalue weighted by Gasteiger charge is -2.07. The van der Waals surface area contributed by atoms with Crippen molar-refractivity contribution in [2.24, 2.45) is 0 Å².